The molecule has 0 aliphatic carbocycles. The van der Waals surface area contributed by atoms with Gasteiger partial charge in [-0.2, -0.15) is 0 Å². The fourth-order valence-electron chi connectivity index (χ4n) is 6.91. The molecule has 9 heteroatoms. The zero-order valence-corrected chi connectivity index (χ0v) is 24.5. The third-order valence-corrected chi connectivity index (χ3v) is 11.6. The van der Waals surface area contributed by atoms with E-state index in [9.17, 15) is 14.7 Å². The van der Waals surface area contributed by atoms with E-state index in [4.69, 9.17) is 4.74 Å². The van der Waals surface area contributed by atoms with E-state index in [1.165, 1.54) is 0 Å². The average molecular weight is 590 g/mol. The highest BCUT2D eigenvalue weighted by molar-refractivity contribution is 9.10. The molecule has 0 unspecified atom stereocenters. The van der Waals surface area contributed by atoms with Gasteiger partial charge in [0.1, 0.15) is 0 Å². The highest BCUT2D eigenvalue weighted by atomic mass is 79.9. The summed E-state index contributed by atoms with van der Waals surface area (Å²) in [4.78, 5) is 30.9. The van der Waals surface area contributed by atoms with Crippen molar-refractivity contribution in [3.63, 3.8) is 0 Å². The molecule has 2 aromatic rings. The van der Waals surface area contributed by atoms with Gasteiger partial charge in [0.05, 0.1) is 30.9 Å². The molecular weight excluding hydrogens is 555 g/mol. The number of ether oxygens (including phenoxy) is 1. The van der Waals surface area contributed by atoms with Crippen LogP contribution in [0.25, 0.3) is 0 Å². The second-order valence-corrected chi connectivity index (χ2v) is 16.0. The standard InChI is InChI=1S/C28H34BrFN2O4Si/c1-16-10-21-25(22(29)11-16)31(3)27(35)28(21)17(2)26(37(4,5)30)23(36-28)13-24(34)32-14-19-9-7-6-8-18(19)12-20(32)15-33/h6-11,17,20,23,26,33H,12-15H2,1-5H3/t17-,20-,23+,26-,28+/m0/s1. The predicted octanol–water partition coefficient (Wildman–Crippen LogP) is 4.84. The van der Waals surface area contributed by atoms with E-state index in [0.717, 1.165) is 32.4 Å². The SMILES string of the molecule is Cc1cc(Br)c2c(c1)[C@@]1(O[C@H](CC(=O)N3Cc4ccccc4C[C@H]3CO)[C@@H]([Si](C)(C)F)[C@@H]1C)C(=O)N2C. The second-order valence-electron chi connectivity index (χ2n) is 11.3. The summed E-state index contributed by atoms with van der Waals surface area (Å²) in [5.74, 6) is -0.854. The summed E-state index contributed by atoms with van der Waals surface area (Å²) in [5.41, 5.74) is 2.73. The number of aliphatic hydroxyl groups is 1. The Kier molecular flexibility index (Phi) is 6.66. The van der Waals surface area contributed by atoms with Crippen molar-refractivity contribution in [1.29, 1.82) is 0 Å². The number of fused-ring (bicyclic) bond motifs is 3. The number of rotatable bonds is 4. The summed E-state index contributed by atoms with van der Waals surface area (Å²) >= 11 is 3.61. The van der Waals surface area contributed by atoms with Gasteiger partial charge in [0.2, 0.25) is 14.3 Å². The lowest BCUT2D eigenvalue weighted by Crippen LogP contribution is -2.48. The Hall–Kier alpha value is -2.07. The van der Waals surface area contributed by atoms with Crippen molar-refractivity contribution in [2.45, 2.75) is 69.6 Å². The summed E-state index contributed by atoms with van der Waals surface area (Å²) in [7, 11) is -1.65. The summed E-state index contributed by atoms with van der Waals surface area (Å²) < 4.78 is 23.4. The third-order valence-electron chi connectivity index (χ3n) is 8.54. The number of carbonyl (C=O) groups is 2. The van der Waals surface area contributed by atoms with Crippen LogP contribution in [0.4, 0.5) is 9.80 Å². The number of likely N-dealkylation sites (N-methyl/N-ethyl adjacent to an activating group) is 1. The molecule has 3 heterocycles. The van der Waals surface area contributed by atoms with Gasteiger partial charge >= 0.3 is 0 Å². The first-order valence-corrected chi connectivity index (χ1v) is 16.6. The Balaban J connectivity index is 1.51. The molecular formula is C28H34BrFN2O4Si. The maximum absolute atomic E-state index is 16.0. The molecule has 1 saturated heterocycles. The van der Waals surface area contributed by atoms with E-state index in [1.807, 2.05) is 50.2 Å². The molecule has 0 radical (unpaired) electrons. The van der Waals surface area contributed by atoms with Crippen LogP contribution < -0.4 is 4.90 Å². The van der Waals surface area contributed by atoms with Crippen LogP contribution in [0.1, 0.15) is 35.6 Å². The number of aliphatic hydroxyl groups excluding tert-OH is 1. The van der Waals surface area contributed by atoms with Crippen LogP contribution >= 0.6 is 15.9 Å². The van der Waals surface area contributed by atoms with Crippen LogP contribution in [-0.4, -0.2) is 56.0 Å². The number of carbonyl (C=O) groups excluding carboxylic acids is 2. The maximum atomic E-state index is 16.0. The molecule has 5 atom stereocenters. The van der Waals surface area contributed by atoms with Crippen LogP contribution in [-0.2, 0) is 32.9 Å². The van der Waals surface area contributed by atoms with Crippen molar-refractivity contribution in [3.05, 3.63) is 63.1 Å². The zero-order chi connectivity index (χ0) is 26.9. The van der Waals surface area contributed by atoms with Crippen molar-refractivity contribution in [3.8, 4) is 0 Å². The first kappa shape index (κ1) is 26.5. The number of anilines is 1. The Morgan fingerprint density at radius 3 is 2.59 bits per heavy atom. The van der Waals surface area contributed by atoms with Crippen LogP contribution in [0, 0.1) is 12.8 Å². The van der Waals surface area contributed by atoms with Gasteiger partial charge in [-0.15, -0.1) is 0 Å². The van der Waals surface area contributed by atoms with Crippen molar-refractivity contribution < 1.29 is 23.5 Å². The number of aryl methyl sites for hydroxylation is 1. The van der Waals surface area contributed by atoms with E-state index in [1.54, 1.807) is 29.9 Å². The monoisotopic (exact) mass is 588 g/mol. The first-order chi connectivity index (χ1) is 17.4. The van der Waals surface area contributed by atoms with E-state index >= 15 is 4.11 Å². The van der Waals surface area contributed by atoms with Gasteiger partial charge in [0, 0.05) is 35.1 Å². The van der Waals surface area contributed by atoms with Gasteiger partial charge in [-0.3, -0.25) is 9.59 Å². The smallest absolute Gasteiger partial charge is 0.264 e. The minimum atomic E-state index is -3.37. The summed E-state index contributed by atoms with van der Waals surface area (Å²) in [6.45, 7) is 7.37. The van der Waals surface area contributed by atoms with Crippen LogP contribution in [0.5, 0.6) is 0 Å². The van der Waals surface area contributed by atoms with Gasteiger partial charge in [-0.25, -0.2) is 0 Å². The van der Waals surface area contributed by atoms with Gasteiger partial charge in [-0.1, -0.05) is 37.3 Å². The zero-order valence-electron chi connectivity index (χ0n) is 21.9. The molecule has 3 aliphatic heterocycles. The van der Waals surface area contributed by atoms with Gasteiger partial charge < -0.3 is 23.8 Å². The molecule has 2 aromatic carbocycles. The number of nitrogens with zero attached hydrogens (tertiary/aromatic N) is 2. The summed E-state index contributed by atoms with van der Waals surface area (Å²) in [6, 6.07) is 11.5. The number of halogens is 2. The summed E-state index contributed by atoms with van der Waals surface area (Å²) in [5, 5.41) is 10.1. The van der Waals surface area contributed by atoms with Crippen molar-refractivity contribution in [2.24, 2.45) is 5.92 Å². The summed E-state index contributed by atoms with van der Waals surface area (Å²) in [6.07, 6.45) is -0.205. The molecule has 0 saturated carbocycles. The molecule has 3 aliphatic rings. The topological polar surface area (TPSA) is 70.1 Å². The molecule has 6 nitrogen and oxygen atoms in total. The molecule has 1 N–H and O–H groups in total. The van der Waals surface area contributed by atoms with E-state index in [2.05, 4.69) is 15.9 Å². The second kappa shape index (κ2) is 9.29. The Morgan fingerprint density at radius 2 is 1.95 bits per heavy atom. The van der Waals surface area contributed by atoms with Gasteiger partial charge in [0.25, 0.3) is 5.91 Å². The van der Waals surface area contributed by atoms with E-state index < -0.39 is 31.6 Å². The number of hydrogen-bond donors (Lipinski definition) is 1. The predicted molar refractivity (Wildman–Crippen MR) is 147 cm³/mol. The molecule has 1 spiro atoms. The third kappa shape index (κ3) is 4.09. The van der Waals surface area contributed by atoms with Gasteiger partial charge in [0.15, 0.2) is 5.60 Å². The van der Waals surface area contributed by atoms with Gasteiger partial charge in [-0.05, 0) is 65.1 Å². The minimum absolute atomic E-state index is 0.0327. The minimum Gasteiger partial charge on any atom is -0.394 e. The molecule has 37 heavy (non-hydrogen) atoms. The molecule has 5 rings (SSSR count). The highest BCUT2D eigenvalue weighted by Gasteiger charge is 2.67. The molecule has 0 bridgehead atoms. The average Bonchev–Trinajstić information content (AvgIpc) is 3.24. The fraction of sp³-hybridized carbons (Fsp3) is 0.500. The lowest BCUT2D eigenvalue weighted by Gasteiger charge is -2.37. The first-order valence-electron chi connectivity index (χ1n) is 12.8. The number of benzene rings is 2. The molecule has 1 fully saturated rings. The maximum Gasteiger partial charge on any atom is 0.264 e. The van der Waals surface area contributed by atoms with E-state index in [0.29, 0.717) is 13.0 Å². The normalized spacial score (nSPS) is 29.1. The highest BCUT2D eigenvalue weighted by Crippen LogP contribution is 2.61. The Labute approximate surface area is 227 Å². The van der Waals surface area contributed by atoms with Crippen molar-refractivity contribution >= 4 is 41.8 Å². The fourth-order valence-corrected chi connectivity index (χ4v) is 10.2. The lowest BCUT2D eigenvalue weighted by molar-refractivity contribution is -0.150. The van der Waals surface area contributed by atoms with Crippen LogP contribution in [0.2, 0.25) is 18.6 Å². The van der Waals surface area contributed by atoms with E-state index in [-0.39, 0.29) is 30.9 Å². The Morgan fingerprint density at radius 1 is 1.27 bits per heavy atom. The Bertz CT molecular complexity index is 1270. The largest absolute Gasteiger partial charge is 0.394 e. The number of hydrogen-bond acceptors (Lipinski definition) is 4. The molecule has 0 aromatic heterocycles. The van der Waals surface area contributed by atoms with Crippen molar-refractivity contribution in [1.82, 2.24) is 4.90 Å². The van der Waals surface area contributed by atoms with Crippen LogP contribution in [0.3, 0.4) is 0 Å². The lowest BCUT2D eigenvalue weighted by atomic mass is 9.82. The van der Waals surface area contributed by atoms with Crippen molar-refractivity contribution in [2.75, 3.05) is 18.6 Å². The van der Waals surface area contributed by atoms with Crippen LogP contribution in [0.15, 0.2) is 40.9 Å². The molecule has 198 valence electrons. The number of amides is 2. The molecule has 2 amide bonds. The quantitative estimate of drug-likeness (QED) is 0.409.